The van der Waals surface area contributed by atoms with E-state index in [2.05, 4.69) is 11.4 Å². The van der Waals surface area contributed by atoms with Crippen LogP contribution in [0.4, 0.5) is 0 Å². The normalized spacial score (nSPS) is 17.1. The van der Waals surface area contributed by atoms with E-state index in [0.29, 0.717) is 25.4 Å². The van der Waals surface area contributed by atoms with Crippen LogP contribution >= 0.6 is 23.2 Å². The number of carboxylic acid groups (broad SMARTS) is 1. The molecule has 0 aliphatic carbocycles. The molecule has 2 aromatic carbocycles. The van der Waals surface area contributed by atoms with E-state index in [4.69, 9.17) is 27.9 Å². The molecule has 7 nitrogen and oxygen atoms in total. The fourth-order valence-corrected chi connectivity index (χ4v) is 5.29. The molecule has 0 radical (unpaired) electrons. The standard InChI is InChI=1S/C28H30Cl2N2O5/c29-22-2-1-3-23(30)26(22)27(34)31-24(28(35)36)16-18-4-6-20(7-5-18)21-8-12-32(13-9-21)25(33)17-19-10-14-37-15-11-19/h1-8,19,24H,9-17H2,(H,31,34)(H,35,36)/t24-/m0/s1. The Bertz CT molecular complexity index is 1160. The maximum Gasteiger partial charge on any atom is 0.326 e. The van der Waals surface area contributed by atoms with Gasteiger partial charge in [-0.25, -0.2) is 4.79 Å². The summed E-state index contributed by atoms with van der Waals surface area (Å²) in [6, 6.07) is 11.2. The van der Waals surface area contributed by atoms with Crippen LogP contribution in [0.25, 0.3) is 5.57 Å². The van der Waals surface area contributed by atoms with Gasteiger partial charge in [-0.05, 0) is 54.0 Å². The summed E-state index contributed by atoms with van der Waals surface area (Å²) in [5, 5.41) is 12.5. The Labute approximate surface area is 226 Å². The van der Waals surface area contributed by atoms with Crippen LogP contribution in [0.5, 0.6) is 0 Å². The minimum absolute atomic E-state index is 0.0527. The van der Waals surface area contributed by atoms with Gasteiger partial charge in [-0.1, -0.05) is 59.6 Å². The van der Waals surface area contributed by atoms with Crippen molar-refractivity contribution in [3.63, 3.8) is 0 Å². The minimum atomic E-state index is -1.15. The number of amides is 2. The average molecular weight is 545 g/mol. The molecule has 2 N–H and O–H groups in total. The SMILES string of the molecule is O=C(N[C@@H](Cc1ccc(C2=CCN(C(=O)CC3CCOCC3)CC2)cc1)C(=O)O)c1c(Cl)cccc1Cl. The lowest BCUT2D eigenvalue weighted by atomic mass is 9.94. The molecule has 0 spiro atoms. The lowest BCUT2D eigenvalue weighted by molar-refractivity contribution is -0.139. The molecule has 37 heavy (non-hydrogen) atoms. The molecule has 1 atom stereocenters. The molecular formula is C28H30Cl2N2O5. The number of carbonyl (C=O) groups is 3. The molecule has 196 valence electrons. The molecule has 2 aliphatic heterocycles. The van der Waals surface area contributed by atoms with Gasteiger partial charge in [-0.2, -0.15) is 0 Å². The van der Waals surface area contributed by atoms with Crippen LogP contribution in [-0.2, 0) is 20.7 Å². The number of benzene rings is 2. The lowest BCUT2D eigenvalue weighted by Gasteiger charge is -2.29. The summed E-state index contributed by atoms with van der Waals surface area (Å²) >= 11 is 12.2. The highest BCUT2D eigenvalue weighted by molar-refractivity contribution is 6.39. The molecule has 4 rings (SSSR count). The van der Waals surface area contributed by atoms with Gasteiger partial charge in [0.2, 0.25) is 5.91 Å². The monoisotopic (exact) mass is 544 g/mol. The summed E-state index contributed by atoms with van der Waals surface area (Å²) in [7, 11) is 0. The van der Waals surface area contributed by atoms with Crippen molar-refractivity contribution >= 4 is 46.6 Å². The number of halogens is 2. The van der Waals surface area contributed by atoms with Gasteiger partial charge >= 0.3 is 5.97 Å². The largest absolute Gasteiger partial charge is 0.480 e. The summed E-state index contributed by atoms with van der Waals surface area (Å²) in [5.41, 5.74) is 3.03. The predicted octanol–water partition coefficient (Wildman–Crippen LogP) is 4.85. The first-order valence-corrected chi connectivity index (χ1v) is 13.2. The van der Waals surface area contributed by atoms with E-state index in [0.717, 1.165) is 49.2 Å². The van der Waals surface area contributed by atoms with E-state index in [1.165, 1.54) is 12.1 Å². The molecular weight excluding hydrogens is 515 g/mol. The zero-order valence-corrected chi connectivity index (χ0v) is 21.9. The summed E-state index contributed by atoms with van der Waals surface area (Å²) in [6.45, 7) is 2.77. The number of ether oxygens (including phenoxy) is 1. The summed E-state index contributed by atoms with van der Waals surface area (Å²) in [6.07, 6.45) is 5.46. The average Bonchev–Trinajstić information content (AvgIpc) is 2.89. The molecule has 2 heterocycles. The third kappa shape index (κ3) is 7.12. The van der Waals surface area contributed by atoms with E-state index in [1.54, 1.807) is 6.07 Å². The first-order chi connectivity index (χ1) is 17.8. The summed E-state index contributed by atoms with van der Waals surface area (Å²) in [4.78, 5) is 39.1. The minimum Gasteiger partial charge on any atom is -0.480 e. The zero-order valence-electron chi connectivity index (χ0n) is 20.4. The van der Waals surface area contributed by atoms with Gasteiger partial charge in [0.05, 0.1) is 15.6 Å². The van der Waals surface area contributed by atoms with E-state index in [9.17, 15) is 19.5 Å². The molecule has 1 fully saturated rings. The van der Waals surface area contributed by atoms with Gasteiger partial charge in [0.1, 0.15) is 6.04 Å². The second-order valence-corrected chi connectivity index (χ2v) is 10.3. The van der Waals surface area contributed by atoms with Crippen molar-refractivity contribution in [3.05, 3.63) is 75.3 Å². The van der Waals surface area contributed by atoms with Gasteiger partial charge in [-0.3, -0.25) is 9.59 Å². The van der Waals surface area contributed by atoms with Crippen LogP contribution in [0, 0.1) is 5.92 Å². The van der Waals surface area contributed by atoms with Crippen LogP contribution in [0.3, 0.4) is 0 Å². The number of hydrogen-bond donors (Lipinski definition) is 2. The molecule has 2 amide bonds. The first kappa shape index (κ1) is 27.2. The Kier molecular flexibility index (Phi) is 9.24. The van der Waals surface area contributed by atoms with Crippen molar-refractivity contribution < 1.29 is 24.2 Å². The van der Waals surface area contributed by atoms with E-state index < -0.39 is 17.9 Å². The molecule has 0 aromatic heterocycles. The van der Waals surface area contributed by atoms with Crippen LogP contribution in [0.2, 0.25) is 10.0 Å². The van der Waals surface area contributed by atoms with Crippen LogP contribution in [0.1, 0.15) is 47.2 Å². The topological polar surface area (TPSA) is 95.9 Å². The number of nitrogens with one attached hydrogen (secondary N) is 1. The molecule has 0 bridgehead atoms. The van der Waals surface area contributed by atoms with Gasteiger partial charge in [-0.15, -0.1) is 0 Å². The van der Waals surface area contributed by atoms with Crippen molar-refractivity contribution in [1.29, 1.82) is 0 Å². The van der Waals surface area contributed by atoms with Crippen molar-refractivity contribution in [3.8, 4) is 0 Å². The maximum atomic E-state index is 12.7. The Morgan fingerprint density at radius 2 is 1.73 bits per heavy atom. The third-order valence-electron chi connectivity index (χ3n) is 6.92. The number of carbonyl (C=O) groups excluding carboxylic acids is 2. The van der Waals surface area contributed by atoms with Crippen molar-refractivity contribution in [1.82, 2.24) is 10.2 Å². The lowest BCUT2D eigenvalue weighted by Crippen LogP contribution is -2.42. The second-order valence-electron chi connectivity index (χ2n) is 9.44. The van der Waals surface area contributed by atoms with Crippen LogP contribution in [-0.4, -0.2) is 60.1 Å². The fraction of sp³-hybridized carbons (Fsp3) is 0.393. The second kappa shape index (κ2) is 12.6. The Morgan fingerprint density at radius 1 is 1.05 bits per heavy atom. The Balaban J connectivity index is 1.34. The fourth-order valence-electron chi connectivity index (χ4n) is 4.72. The van der Waals surface area contributed by atoms with Crippen LogP contribution < -0.4 is 5.32 Å². The molecule has 2 aliphatic rings. The molecule has 1 saturated heterocycles. The van der Waals surface area contributed by atoms with E-state index >= 15 is 0 Å². The van der Waals surface area contributed by atoms with E-state index in [-0.39, 0.29) is 27.9 Å². The molecule has 9 heteroatoms. The predicted molar refractivity (Wildman–Crippen MR) is 143 cm³/mol. The van der Waals surface area contributed by atoms with E-state index in [1.807, 2.05) is 29.2 Å². The Morgan fingerprint density at radius 3 is 2.32 bits per heavy atom. The quantitative estimate of drug-likeness (QED) is 0.495. The highest BCUT2D eigenvalue weighted by atomic mass is 35.5. The highest BCUT2D eigenvalue weighted by Crippen LogP contribution is 2.26. The van der Waals surface area contributed by atoms with Crippen molar-refractivity contribution in [2.75, 3.05) is 26.3 Å². The van der Waals surface area contributed by atoms with Crippen molar-refractivity contribution in [2.24, 2.45) is 5.92 Å². The molecule has 0 saturated carbocycles. The maximum absolute atomic E-state index is 12.7. The number of aliphatic carboxylic acids is 1. The van der Waals surface area contributed by atoms with Gasteiger partial charge < -0.3 is 20.1 Å². The van der Waals surface area contributed by atoms with Gasteiger partial charge in [0.25, 0.3) is 5.91 Å². The van der Waals surface area contributed by atoms with Crippen LogP contribution in [0.15, 0.2) is 48.5 Å². The zero-order chi connectivity index (χ0) is 26.4. The molecule has 2 aromatic rings. The number of rotatable bonds is 8. The highest BCUT2D eigenvalue weighted by Gasteiger charge is 2.25. The third-order valence-corrected chi connectivity index (χ3v) is 7.55. The number of hydrogen-bond acceptors (Lipinski definition) is 4. The summed E-state index contributed by atoms with van der Waals surface area (Å²) < 4.78 is 5.38. The Hall–Kier alpha value is -2.87. The van der Waals surface area contributed by atoms with Crippen molar-refractivity contribution in [2.45, 2.75) is 38.1 Å². The van der Waals surface area contributed by atoms with Gasteiger partial charge in [0, 0.05) is 39.1 Å². The number of carboxylic acids is 1. The number of nitrogens with zero attached hydrogens (tertiary/aromatic N) is 1. The summed E-state index contributed by atoms with van der Waals surface area (Å²) in [5.74, 6) is -1.17. The smallest absolute Gasteiger partial charge is 0.326 e. The first-order valence-electron chi connectivity index (χ1n) is 12.4. The van der Waals surface area contributed by atoms with Gasteiger partial charge in [0.15, 0.2) is 0 Å². The molecule has 0 unspecified atom stereocenters.